The lowest BCUT2D eigenvalue weighted by molar-refractivity contribution is 0.529. The van der Waals surface area contributed by atoms with Gasteiger partial charge in [-0.2, -0.15) is 0 Å². The van der Waals surface area contributed by atoms with Gasteiger partial charge in [0.05, 0.1) is 0 Å². The maximum absolute atomic E-state index is 4.60. The molecule has 1 aliphatic rings. The van der Waals surface area contributed by atoms with Crippen molar-refractivity contribution < 1.29 is 0 Å². The first kappa shape index (κ1) is 11.5. The van der Waals surface area contributed by atoms with Crippen LogP contribution < -0.4 is 4.90 Å². The van der Waals surface area contributed by atoms with Gasteiger partial charge in [-0.15, -0.1) is 0 Å². The topological polar surface area (TPSA) is 19.4 Å². The minimum Gasteiger partial charge on any atom is -0.363 e. The van der Waals surface area contributed by atoms with Crippen molar-refractivity contribution >= 4 is 17.8 Å². The summed E-state index contributed by atoms with van der Waals surface area (Å²) in [5.74, 6) is 1.03. The predicted octanol–water partition coefficient (Wildman–Crippen LogP) is 2.17. The number of pyridine rings is 1. The van der Waals surface area contributed by atoms with Gasteiger partial charge >= 0.3 is 0 Å². The molecule has 0 N–H and O–H groups in total. The summed E-state index contributed by atoms with van der Waals surface area (Å²) < 4.78 is 2.34. The van der Waals surface area contributed by atoms with Crippen LogP contribution in [0.4, 0.5) is 5.82 Å². The van der Waals surface area contributed by atoms with Crippen LogP contribution in [0.25, 0.3) is 0 Å². The first-order chi connectivity index (χ1) is 7.75. The second-order valence-corrected chi connectivity index (χ2v) is 5.00. The number of hydrogen-bond donors (Lipinski definition) is 0. The lowest BCUT2D eigenvalue weighted by atomic mass is 10.2. The van der Waals surface area contributed by atoms with Crippen molar-refractivity contribution in [3.05, 3.63) is 35.4 Å². The van der Waals surface area contributed by atoms with Crippen LogP contribution in [0.2, 0.25) is 0 Å². The molecular formula is C12H17N3S. The third-order valence-electron chi connectivity index (χ3n) is 2.48. The fourth-order valence-corrected chi connectivity index (χ4v) is 2.28. The Balaban J connectivity index is 1.91. The summed E-state index contributed by atoms with van der Waals surface area (Å²) >= 11 is 1.79. The fourth-order valence-electron chi connectivity index (χ4n) is 1.57. The predicted molar refractivity (Wildman–Crippen MR) is 70.6 cm³/mol. The maximum Gasteiger partial charge on any atom is 0.128 e. The maximum atomic E-state index is 4.60. The molecule has 0 aliphatic carbocycles. The summed E-state index contributed by atoms with van der Waals surface area (Å²) in [7, 11) is 4.04. The minimum atomic E-state index is 1.01. The lowest BCUT2D eigenvalue weighted by Gasteiger charge is -2.14. The Labute approximate surface area is 101 Å². The lowest BCUT2D eigenvalue weighted by Crippen LogP contribution is -2.17. The highest BCUT2D eigenvalue weighted by molar-refractivity contribution is 8.00. The van der Waals surface area contributed by atoms with Crippen LogP contribution in [0, 0.1) is 0 Å². The number of aromatic nitrogens is 1. The summed E-state index contributed by atoms with van der Waals surface area (Å²) in [5, 5.41) is 2.14. The highest BCUT2D eigenvalue weighted by Crippen LogP contribution is 2.18. The Kier molecular flexibility index (Phi) is 3.85. The minimum absolute atomic E-state index is 1.01. The van der Waals surface area contributed by atoms with E-state index in [0.717, 1.165) is 25.3 Å². The summed E-state index contributed by atoms with van der Waals surface area (Å²) in [6.45, 7) is 2.11. The van der Waals surface area contributed by atoms with E-state index in [1.807, 2.05) is 25.1 Å². The molecule has 3 nitrogen and oxygen atoms in total. The van der Waals surface area contributed by atoms with Gasteiger partial charge in [-0.1, -0.05) is 24.1 Å². The van der Waals surface area contributed by atoms with E-state index in [0.29, 0.717) is 0 Å². The molecule has 4 heteroatoms. The number of anilines is 1. The molecule has 0 fully saturated rings. The van der Waals surface area contributed by atoms with Crippen LogP contribution in [-0.2, 0) is 6.42 Å². The normalized spacial score (nSPS) is 15.6. The smallest absolute Gasteiger partial charge is 0.128 e. The van der Waals surface area contributed by atoms with Crippen molar-refractivity contribution in [1.29, 1.82) is 0 Å². The van der Waals surface area contributed by atoms with Crippen LogP contribution in [-0.4, -0.2) is 36.5 Å². The van der Waals surface area contributed by atoms with E-state index in [1.54, 1.807) is 11.9 Å². The van der Waals surface area contributed by atoms with Crippen molar-refractivity contribution in [3.8, 4) is 0 Å². The van der Waals surface area contributed by atoms with Crippen LogP contribution in [0.3, 0.4) is 0 Å². The fraction of sp³-hybridized carbons (Fsp3) is 0.417. The van der Waals surface area contributed by atoms with E-state index in [4.69, 9.17) is 0 Å². The largest absolute Gasteiger partial charge is 0.363 e. The van der Waals surface area contributed by atoms with Gasteiger partial charge in [0.25, 0.3) is 0 Å². The van der Waals surface area contributed by atoms with E-state index < -0.39 is 0 Å². The summed E-state index contributed by atoms with van der Waals surface area (Å²) in [4.78, 5) is 6.64. The van der Waals surface area contributed by atoms with Gasteiger partial charge in [0.15, 0.2) is 0 Å². The van der Waals surface area contributed by atoms with Gasteiger partial charge in [0.1, 0.15) is 5.82 Å². The molecule has 86 valence electrons. The standard InChI is InChI=1S/C12H17N3S/c1-14(2)12-6-3-5-11(13-12)7-9-15-8-4-10-16-15/h3-6,10H,7-9H2,1-2H3. The van der Waals surface area contributed by atoms with Crippen LogP contribution in [0.15, 0.2) is 29.7 Å². The molecule has 0 saturated carbocycles. The summed E-state index contributed by atoms with van der Waals surface area (Å²) in [5.41, 5.74) is 1.17. The zero-order valence-electron chi connectivity index (χ0n) is 9.76. The third-order valence-corrected chi connectivity index (χ3v) is 3.43. The molecule has 1 aromatic rings. The van der Waals surface area contributed by atoms with Crippen LogP contribution in [0.5, 0.6) is 0 Å². The van der Waals surface area contributed by atoms with Crippen molar-refractivity contribution in [2.24, 2.45) is 0 Å². The molecular weight excluding hydrogens is 218 g/mol. The molecule has 0 unspecified atom stereocenters. The average molecular weight is 235 g/mol. The second kappa shape index (κ2) is 5.37. The molecule has 2 rings (SSSR count). The van der Waals surface area contributed by atoms with Gasteiger partial charge < -0.3 is 4.90 Å². The molecule has 0 saturated heterocycles. The van der Waals surface area contributed by atoms with Crippen LogP contribution >= 0.6 is 11.9 Å². The summed E-state index contributed by atoms with van der Waals surface area (Å²) in [6, 6.07) is 6.21. The van der Waals surface area contributed by atoms with E-state index in [1.165, 1.54) is 5.69 Å². The number of hydrogen-bond acceptors (Lipinski definition) is 4. The van der Waals surface area contributed by atoms with E-state index in [2.05, 4.69) is 32.9 Å². The molecule has 0 amide bonds. The summed E-state index contributed by atoms with van der Waals surface area (Å²) in [6.07, 6.45) is 3.20. The van der Waals surface area contributed by atoms with Crippen molar-refractivity contribution in [2.75, 3.05) is 32.1 Å². The second-order valence-electron chi connectivity index (χ2n) is 4.00. The van der Waals surface area contributed by atoms with Gasteiger partial charge in [0.2, 0.25) is 0 Å². The molecule has 1 aromatic heterocycles. The first-order valence-corrected chi connectivity index (χ1v) is 6.29. The number of rotatable bonds is 4. The number of nitrogens with zero attached hydrogens (tertiary/aromatic N) is 3. The van der Waals surface area contributed by atoms with Gasteiger partial charge in [0, 0.05) is 39.3 Å². The quantitative estimate of drug-likeness (QED) is 0.745. The van der Waals surface area contributed by atoms with Crippen LogP contribution in [0.1, 0.15) is 5.69 Å². The molecule has 0 spiro atoms. The molecule has 0 bridgehead atoms. The molecule has 2 heterocycles. The highest BCUT2D eigenvalue weighted by Gasteiger charge is 2.07. The molecule has 0 atom stereocenters. The molecule has 0 aromatic carbocycles. The molecule has 1 aliphatic heterocycles. The Morgan fingerprint density at radius 3 is 3.00 bits per heavy atom. The van der Waals surface area contributed by atoms with Gasteiger partial charge in [-0.3, -0.25) is 0 Å². The van der Waals surface area contributed by atoms with E-state index >= 15 is 0 Å². The average Bonchev–Trinajstić information content (AvgIpc) is 2.79. The highest BCUT2D eigenvalue weighted by atomic mass is 32.2. The zero-order chi connectivity index (χ0) is 11.4. The zero-order valence-corrected chi connectivity index (χ0v) is 10.6. The SMILES string of the molecule is CN(C)c1cccc(CCN2CC=CS2)n1. The first-order valence-electron chi connectivity index (χ1n) is 5.46. The Morgan fingerprint density at radius 2 is 2.31 bits per heavy atom. The monoisotopic (exact) mass is 235 g/mol. The van der Waals surface area contributed by atoms with Gasteiger partial charge in [-0.05, 0) is 17.5 Å². The molecule has 0 radical (unpaired) electrons. The third kappa shape index (κ3) is 3.00. The van der Waals surface area contributed by atoms with Crippen molar-refractivity contribution in [3.63, 3.8) is 0 Å². The van der Waals surface area contributed by atoms with Crippen molar-refractivity contribution in [2.45, 2.75) is 6.42 Å². The molecule has 16 heavy (non-hydrogen) atoms. The van der Waals surface area contributed by atoms with E-state index in [9.17, 15) is 0 Å². The Bertz CT molecular complexity index is 368. The Hall–Kier alpha value is -1.00. The van der Waals surface area contributed by atoms with Crippen molar-refractivity contribution in [1.82, 2.24) is 9.29 Å². The van der Waals surface area contributed by atoms with E-state index in [-0.39, 0.29) is 0 Å². The Morgan fingerprint density at radius 1 is 1.44 bits per heavy atom. The van der Waals surface area contributed by atoms with Gasteiger partial charge in [-0.25, -0.2) is 9.29 Å².